The fourth-order valence-corrected chi connectivity index (χ4v) is 6.05. The van der Waals surface area contributed by atoms with E-state index in [1.807, 2.05) is 30.3 Å². The number of benzene rings is 2. The number of hydrogen-bond acceptors (Lipinski definition) is 6. The van der Waals surface area contributed by atoms with Gasteiger partial charge in [0.1, 0.15) is 17.8 Å². The van der Waals surface area contributed by atoms with Gasteiger partial charge in [0.25, 0.3) is 5.91 Å². The van der Waals surface area contributed by atoms with E-state index < -0.39 is 0 Å². The third-order valence-electron chi connectivity index (χ3n) is 6.34. The quantitative estimate of drug-likeness (QED) is 0.570. The monoisotopic (exact) mass is 455 g/mol. The Morgan fingerprint density at radius 2 is 1.78 bits per heavy atom. The molecule has 1 saturated carbocycles. The van der Waals surface area contributed by atoms with Crippen molar-refractivity contribution in [2.75, 3.05) is 27.2 Å². The van der Waals surface area contributed by atoms with Crippen LogP contribution in [-0.4, -0.2) is 44.1 Å². The first-order chi connectivity index (χ1) is 15.6. The normalized spacial score (nSPS) is 21.3. The van der Waals surface area contributed by atoms with E-state index in [0.29, 0.717) is 22.5 Å². The summed E-state index contributed by atoms with van der Waals surface area (Å²) in [5.74, 6) is 1.17. The molecule has 2 aromatic rings. The topological polar surface area (TPSA) is 93.4 Å². The lowest BCUT2D eigenvalue weighted by Crippen LogP contribution is -2.36. The molecule has 172 valence electrons. The lowest BCUT2D eigenvalue weighted by molar-refractivity contribution is -0.109. The van der Waals surface area contributed by atoms with E-state index in [1.54, 1.807) is 37.0 Å². The molecule has 0 bridgehead atoms. The minimum Gasteiger partial charge on any atom is -0.457 e. The van der Waals surface area contributed by atoms with Crippen molar-refractivity contribution in [3.8, 4) is 11.5 Å². The van der Waals surface area contributed by atoms with Crippen LogP contribution in [0.1, 0.15) is 42.5 Å². The molecule has 1 heterocycles. The van der Waals surface area contributed by atoms with Crippen molar-refractivity contribution >= 4 is 24.0 Å². The van der Waals surface area contributed by atoms with E-state index in [9.17, 15) is 9.59 Å². The Morgan fingerprint density at radius 3 is 2.44 bits per heavy atom. The Bertz CT molecular complexity index is 913. The molecule has 1 amide bonds. The molecule has 2 fully saturated rings. The van der Waals surface area contributed by atoms with Crippen molar-refractivity contribution in [2.45, 2.75) is 41.7 Å². The average molecular weight is 456 g/mol. The lowest BCUT2D eigenvalue weighted by atomic mass is 9.77. The van der Waals surface area contributed by atoms with Gasteiger partial charge in [-0.15, -0.1) is 11.8 Å². The summed E-state index contributed by atoms with van der Waals surface area (Å²) in [6.07, 6.45) is 6.59. The predicted molar refractivity (Wildman–Crippen MR) is 129 cm³/mol. The molecule has 0 aromatic heterocycles. The summed E-state index contributed by atoms with van der Waals surface area (Å²) in [4.78, 5) is 25.0. The van der Waals surface area contributed by atoms with Gasteiger partial charge in [0.15, 0.2) is 0 Å². The third kappa shape index (κ3) is 5.71. The number of amides is 1. The van der Waals surface area contributed by atoms with Crippen LogP contribution in [0.5, 0.6) is 11.5 Å². The van der Waals surface area contributed by atoms with E-state index in [4.69, 9.17) is 4.74 Å². The number of carbonyl (C=O) groups is 2. The summed E-state index contributed by atoms with van der Waals surface area (Å²) in [6, 6.07) is 15.0. The van der Waals surface area contributed by atoms with Crippen molar-refractivity contribution in [1.29, 1.82) is 0 Å². The summed E-state index contributed by atoms with van der Waals surface area (Å²) in [7, 11) is 3.11. The molecule has 4 rings (SSSR count). The standard InChI is InChI=1S/C24H28N2O3S.CH5N/c1-25-22(28)18-3-2-4-20(15-18)29-19-5-7-21(8-6-19)30-24(17-27)10-9-23(16-24)11-13-26-14-12-23;1-2/h2-8,15,17,26H,9-14,16H2,1H3,(H,25,28);2H2,1H3. The molecule has 32 heavy (non-hydrogen) atoms. The van der Waals surface area contributed by atoms with Crippen LogP contribution in [0.4, 0.5) is 0 Å². The maximum Gasteiger partial charge on any atom is 0.251 e. The number of rotatable bonds is 6. The first kappa shape index (κ1) is 24.3. The number of ether oxygens (including phenoxy) is 1. The molecule has 1 aliphatic heterocycles. The van der Waals surface area contributed by atoms with Crippen LogP contribution >= 0.6 is 11.8 Å². The lowest BCUT2D eigenvalue weighted by Gasteiger charge is -2.35. The van der Waals surface area contributed by atoms with Gasteiger partial charge in [-0.3, -0.25) is 4.79 Å². The van der Waals surface area contributed by atoms with Gasteiger partial charge in [-0.1, -0.05) is 6.07 Å². The zero-order valence-electron chi connectivity index (χ0n) is 18.9. The van der Waals surface area contributed by atoms with Crippen molar-refractivity contribution < 1.29 is 14.3 Å². The molecule has 1 saturated heterocycles. The van der Waals surface area contributed by atoms with Crippen molar-refractivity contribution in [3.63, 3.8) is 0 Å². The van der Waals surface area contributed by atoms with E-state index in [-0.39, 0.29) is 10.7 Å². The highest BCUT2D eigenvalue weighted by molar-refractivity contribution is 8.01. The molecular weight excluding hydrogens is 422 g/mol. The van der Waals surface area contributed by atoms with Gasteiger partial charge in [0.2, 0.25) is 0 Å². The second-order valence-corrected chi connectivity index (χ2v) is 9.88. The largest absolute Gasteiger partial charge is 0.457 e. The number of nitrogens with one attached hydrogen (secondary N) is 2. The number of piperidine rings is 1. The van der Waals surface area contributed by atoms with Crippen LogP contribution in [0.3, 0.4) is 0 Å². The Labute approximate surface area is 194 Å². The predicted octanol–water partition coefficient (Wildman–Crippen LogP) is 4.00. The number of carbonyl (C=O) groups excluding carboxylic acids is 2. The van der Waals surface area contributed by atoms with E-state index >= 15 is 0 Å². The highest BCUT2D eigenvalue weighted by Crippen LogP contribution is 2.55. The minimum absolute atomic E-state index is 0.144. The van der Waals surface area contributed by atoms with Crippen molar-refractivity contribution in [1.82, 2.24) is 10.6 Å². The molecule has 0 radical (unpaired) electrons. The maximum atomic E-state index is 12.1. The zero-order valence-corrected chi connectivity index (χ0v) is 19.7. The van der Waals surface area contributed by atoms with Gasteiger partial charge in [-0.25, -0.2) is 0 Å². The molecule has 2 aromatic carbocycles. The van der Waals surface area contributed by atoms with Crippen LogP contribution in [-0.2, 0) is 4.79 Å². The second kappa shape index (κ2) is 11.0. The van der Waals surface area contributed by atoms with Gasteiger partial charge in [0.05, 0.1) is 4.75 Å². The molecule has 7 heteroatoms. The van der Waals surface area contributed by atoms with E-state index in [0.717, 1.165) is 37.2 Å². The Morgan fingerprint density at radius 1 is 1.06 bits per heavy atom. The highest BCUT2D eigenvalue weighted by atomic mass is 32.2. The Balaban J connectivity index is 0.00000141. The SMILES string of the molecule is CN.CNC(=O)c1cccc(Oc2ccc(SC3(C=O)CCC4(CCNCC4)C3)cc2)c1. The minimum atomic E-state index is -0.318. The smallest absolute Gasteiger partial charge is 0.251 e. The van der Waals surface area contributed by atoms with Crippen molar-refractivity contribution in [3.05, 3.63) is 54.1 Å². The number of nitrogens with two attached hydrogens (primary N) is 1. The zero-order chi connectivity index (χ0) is 23.0. The summed E-state index contributed by atoms with van der Waals surface area (Å²) >= 11 is 1.69. The third-order valence-corrected chi connectivity index (χ3v) is 7.69. The maximum absolute atomic E-state index is 12.1. The van der Waals surface area contributed by atoms with Gasteiger partial charge in [-0.05, 0) is 100 Å². The summed E-state index contributed by atoms with van der Waals surface area (Å²) in [5.41, 5.74) is 5.39. The van der Waals surface area contributed by atoms with Gasteiger partial charge < -0.3 is 25.9 Å². The fourth-order valence-electron chi connectivity index (χ4n) is 4.68. The first-order valence-corrected chi connectivity index (χ1v) is 11.9. The fraction of sp³-hybridized carbons (Fsp3) is 0.440. The van der Waals surface area contributed by atoms with Gasteiger partial charge in [0, 0.05) is 17.5 Å². The molecule has 6 nitrogen and oxygen atoms in total. The Hall–Kier alpha value is -2.35. The molecule has 1 atom stereocenters. The number of aldehydes is 1. The number of thioether (sulfide) groups is 1. The van der Waals surface area contributed by atoms with Gasteiger partial charge in [-0.2, -0.15) is 0 Å². The van der Waals surface area contributed by atoms with Crippen LogP contribution < -0.4 is 21.1 Å². The van der Waals surface area contributed by atoms with Crippen molar-refractivity contribution in [2.24, 2.45) is 11.1 Å². The molecule has 1 aliphatic carbocycles. The van der Waals surface area contributed by atoms with E-state index in [2.05, 4.69) is 16.4 Å². The molecule has 2 aliphatic rings. The van der Waals surface area contributed by atoms with Crippen LogP contribution in [0.2, 0.25) is 0 Å². The van der Waals surface area contributed by atoms with Crippen LogP contribution in [0.25, 0.3) is 0 Å². The highest BCUT2D eigenvalue weighted by Gasteiger charge is 2.48. The average Bonchev–Trinajstić information content (AvgIpc) is 3.19. The summed E-state index contributed by atoms with van der Waals surface area (Å²) in [6.45, 7) is 2.12. The van der Waals surface area contributed by atoms with Crippen LogP contribution in [0, 0.1) is 5.41 Å². The summed E-state index contributed by atoms with van der Waals surface area (Å²) in [5, 5.41) is 6.05. The molecule has 4 N–H and O–H groups in total. The molecule has 1 unspecified atom stereocenters. The summed E-state index contributed by atoms with van der Waals surface area (Å²) < 4.78 is 5.60. The number of hydrogen-bond donors (Lipinski definition) is 3. The molecular formula is C25H33N3O3S. The molecule has 1 spiro atoms. The van der Waals surface area contributed by atoms with Gasteiger partial charge >= 0.3 is 0 Å². The van der Waals surface area contributed by atoms with E-state index in [1.165, 1.54) is 26.2 Å². The first-order valence-electron chi connectivity index (χ1n) is 11.1. The Kier molecular flexibility index (Phi) is 8.34. The van der Waals surface area contributed by atoms with Crippen LogP contribution in [0.15, 0.2) is 53.4 Å². The second-order valence-electron chi connectivity index (χ2n) is 8.39.